The van der Waals surface area contributed by atoms with E-state index in [0.29, 0.717) is 36.2 Å². The van der Waals surface area contributed by atoms with Crippen molar-refractivity contribution in [1.82, 2.24) is 24.1 Å². The van der Waals surface area contributed by atoms with Crippen molar-refractivity contribution in [3.63, 3.8) is 0 Å². The summed E-state index contributed by atoms with van der Waals surface area (Å²) in [6.07, 6.45) is 1.75. The van der Waals surface area contributed by atoms with Gasteiger partial charge in [-0.2, -0.15) is 4.31 Å². The number of nitrogens with one attached hydrogen (secondary N) is 1. The van der Waals surface area contributed by atoms with Gasteiger partial charge in [0.2, 0.25) is 10.0 Å². The molecule has 0 spiro atoms. The van der Waals surface area contributed by atoms with Crippen LogP contribution in [0.3, 0.4) is 0 Å². The summed E-state index contributed by atoms with van der Waals surface area (Å²) in [6, 6.07) is 14.4. The summed E-state index contributed by atoms with van der Waals surface area (Å²) in [6.45, 7) is 7.08. The van der Waals surface area contributed by atoms with Gasteiger partial charge in [-0.05, 0) is 37.3 Å². The topological polar surface area (TPSA) is 101 Å². The summed E-state index contributed by atoms with van der Waals surface area (Å²) in [5.41, 5.74) is 2.36. The van der Waals surface area contributed by atoms with E-state index in [1.165, 1.54) is 16.1 Å². The van der Waals surface area contributed by atoms with Crippen molar-refractivity contribution < 1.29 is 13.2 Å². The predicted molar refractivity (Wildman–Crippen MR) is 135 cm³/mol. The standard InChI is InChI=1S/C24H27N5O3S2/c1-4-28(5-2)34(31,32)18-13-11-17(12-14-18)23-26-27-24(29(23)6-3)33-16-22(30)20-15-25-21-10-8-7-9-19(20)21/h7-15,25H,4-6,16H2,1-3H3. The monoisotopic (exact) mass is 497 g/mol. The molecule has 0 saturated carbocycles. The first-order valence-electron chi connectivity index (χ1n) is 11.2. The van der Waals surface area contributed by atoms with E-state index >= 15 is 0 Å². The number of para-hydroxylation sites is 1. The van der Waals surface area contributed by atoms with Gasteiger partial charge in [-0.1, -0.05) is 43.8 Å². The summed E-state index contributed by atoms with van der Waals surface area (Å²) in [7, 11) is -3.52. The normalized spacial score (nSPS) is 12.0. The summed E-state index contributed by atoms with van der Waals surface area (Å²) in [4.78, 5) is 16.2. The van der Waals surface area contributed by atoms with Gasteiger partial charge in [0.15, 0.2) is 16.8 Å². The van der Waals surface area contributed by atoms with E-state index in [4.69, 9.17) is 0 Å². The first kappa shape index (κ1) is 24.2. The minimum atomic E-state index is -3.52. The second-order valence-electron chi connectivity index (χ2n) is 7.62. The van der Waals surface area contributed by atoms with Crippen LogP contribution in [-0.4, -0.2) is 57.1 Å². The fraction of sp³-hybridized carbons (Fsp3) is 0.292. The van der Waals surface area contributed by atoms with E-state index in [1.807, 2.05) is 49.6 Å². The van der Waals surface area contributed by atoms with Crippen LogP contribution in [0.1, 0.15) is 31.1 Å². The van der Waals surface area contributed by atoms with Gasteiger partial charge < -0.3 is 9.55 Å². The number of hydrogen-bond acceptors (Lipinski definition) is 6. The molecule has 0 fully saturated rings. The molecule has 2 aromatic carbocycles. The zero-order chi connectivity index (χ0) is 24.3. The van der Waals surface area contributed by atoms with Crippen LogP contribution in [0.2, 0.25) is 0 Å². The van der Waals surface area contributed by atoms with Crippen molar-refractivity contribution >= 4 is 38.5 Å². The number of thioether (sulfide) groups is 1. The number of rotatable bonds is 10. The predicted octanol–water partition coefficient (Wildman–Crippen LogP) is 4.45. The first-order valence-corrected chi connectivity index (χ1v) is 13.6. The molecule has 2 aromatic heterocycles. The molecule has 10 heteroatoms. The largest absolute Gasteiger partial charge is 0.360 e. The van der Waals surface area contributed by atoms with Crippen LogP contribution in [0.25, 0.3) is 22.3 Å². The smallest absolute Gasteiger partial charge is 0.243 e. The molecule has 0 aliphatic heterocycles. The maximum absolute atomic E-state index is 12.8. The third kappa shape index (κ3) is 4.53. The van der Waals surface area contributed by atoms with Gasteiger partial charge in [-0.25, -0.2) is 8.42 Å². The molecule has 0 bridgehead atoms. The van der Waals surface area contributed by atoms with Crippen LogP contribution < -0.4 is 0 Å². The molecule has 178 valence electrons. The van der Waals surface area contributed by atoms with Crippen LogP contribution in [0.5, 0.6) is 0 Å². The lowest BCUT2D eigenvalue weighted by atomic mass is 10.1. The van der Waals surface area contributed by atoms with Gasteiger partial charge in [-0.15, -0.1) is 10.2 Å². The Labute approximate surface area is 203 Å². The van der Waals surface area contributed by atoms with Crippen molar-refractivity contribution in [2.24, 2.45) is 0 Å². The lowest BCUT2D eigenvalue weighted by Gasteiger charge is -2.18. The quantitative estimate of drug-likeness (QED) is 0.257. The molecule has 2 heterocycles. The summed E-state index contributed by atoms with van der Waals surface area (Å²) in [5, 5.41) is 10.2. The Balaban J connectivity index is 1.53. The number of carbonyl (C=O) groups is 1. The van der Waals surface area contributed by atoms with Gasteiger partial charge in [0.25, 0.3) is 0 Å². The molecule has 4 rings (SSSR count). The molecule has 0 saturated heterocycles. The lowest BCUT2D eigenvalue weighted by molar-refractivity contribution is 0.102. The van der Waals surface area contributed by atoms with Crippen LogP contribution >= 0.6 is 11.8 Å². The SMILES string of the molecule is CCN(CC)S(=O)(=O)c1ccc(-c2nnc(SCC(=O)c3c[nH]c4ccccc34)n2CC)cc1. The second-order valence-corrected chi connectivity index (χ2v) is 10.5. The van der Waals surface area contributed by atoms with Crippen molar-refractivity contribution in [3.05, 3.63) is 60.3 Å². The summed E-state index contributed by atoms with van der Waals surface area (Å²) in [5.74, 6) is 0.887. The van der Waals surface area contributed by atoms with Crippen molar-refractivity contribution in [2.75, 3.05) is 18.8 Å². The Hall–Kier alpha value is -2.95. The number of fused-ring (bicyclic) bond motifs is 1. The second kappa shape index (κ2) is 10.1. The molecular weight excluding hydrogens is 470 g/mol. The van der Waals surface area contributed by atoms with Gasteiger partial charge in [-0.3, -0.25) is 4.79 Å². The fourth-order valence-electron chi connectivity index (χ4n) is 3.89. The average Bonchev–Trinajstić information content (AvgIpc) is 3.47. The van der Waals surface area contributed by atoms with Gasteiger partial charge in [0.1, 0.15) is 0 Å². The molecule has 0 amide bonds. The molecule has 8 nitrogen and oxygen atoms in total. The highest BCUT2D eigenvalue weighted by Gasteiger charge is 2.22. The van der Waals surface area contributed by atoms with Gasteiger partial charge in [0.05, 0.1) is 10.6 Å². The van der Waals surface area contributed by atoms with E-state index in [2.05, 4.69) is 15.2 Å². The molecule has 0 atom stereocenters. The molecule has 1 N–H and O–H groups in total. The maximum Gasteiger partial charge on any atom is 0.243 e. The maximum atomic E-state index is 12.8. The number of H-pyrrole nitrogens is 1. The van der Waals surface area contributed by atoms with Crippen molar-refractivity contribution in [1.29, 1.82) is 0 Å². The zero-order valence-corrected chi connectivity index (χ0v) is 21.0. The Morgan fingerprint density at radius 2 is 1.74 bits per heavy atom. The third-order valence-corrected chi connectivity index (χ3v) is 8.74. The lowest BCUT2D eigenvalue weighted by Crippen LogP contribution is -2.30. The molecule has 0 aliphatic carbocycles. The number of aromatic amines is 1. The molecule has 0 aliphatic rings. The van der Waals surface area contributed by atoms with Crippen LogP contribution in [0.4, 0.5) is 0 Å². The fourth-order valence-corrected chi connectivity index (χ4v) is 6.24. The van der Waals surface area contributed by atoms with E-state index in [1.54, 1.807) is 30.5 Å². The first-order chi connectivity index (χ1) is 16.4. The van der Waals surface area contributed by atoms with Crippen LogP contribution in [-0.2, 0) is 16.6 Å². The number of ketones is 1. The van der Waals surface area contributed by atoms with Crippen LogP contribution in [0.15, 0.2) is 64.8 Å². The van der Waals surface area contributed by atoms with E-state index < -0.39 is 10.0 Å². The molecule has 0 radical (unpaired) electrons. The van der Waals surface area contributed by atoms with Crippen molar-refractivity contribution in [3.8, 4) is 11.4 Å². The Bertz CT molecular complexity index is 1400. The van der Waals surface area contributed by atoms with E-state index in [0.717, 1.165) is 16.5 Å². The molecule has 4 aromatic rings. The number of benzene rings is 2. The minimum absolute atomic E-state index is 0.0145. The highest BCUT2D eigenvalue weighted by Crippen LogP contribution is 2.27. The molecule has 34 heavy (non-hydrogen) atoms. The Morgan fingerprint density at radius 1 is 1.03 bits per heavy atom. The van der Waals surface area contributed by atoms with Gasteiger partial charge >= 0.3 is 0 Å². The number of hydrogen-bond donors (Lipinski definition) is 1. The minimum Gasteiger partial charge on any atom is -0.360 e. The molecular formula is C24H27N5O3S2. The van der Waals surface area contributed by atoms with E-state index in [-0.39, 0.29) is 16.4 Å². The van der Waals surface area contributed by atoms with E-state index in [9.17, 15) is 13.2 Å². The number of sulfonamides is 1. The zero-order valence-electron chi connectivity index (χ0n) is 19.4. The highest BCUT2D eigenvalue weighted by atomic mass is 32.2. The number of carbonyl (C=O) groups excluding carboxylic acids is 1. The van der Waals surface area contributed by atoms with Crippen molar-refractivity contribution in [2.45, 2.75) is 37.4 Å². The molecule has 0 unspecified atom stereocenters. The number of Topliss-reactive ketones (excluding diaryl/α,β-unsaturated/α-hetero) is 1. The van der Waals surface area contributed by atoms with Crippen LogP contribution in [0, 0.1) is 0 Å². The number of aromatic nitrogens is 4. The Morgan fingerprint density at radius 3 is 2.41 bits per heavy atom. The van der Waals surface area contributed by atoms with Gasteiger partial charge in [0, 0.05) is 47.9 Å². The average molecular weight is 498 g/mol. The Kier molecular flexibility index (Phi) is 7.20. The highest BCUT2D eigenvalue weighted by molar-refractivity contribution is 7.99. The number of nitrogens with zero attached hydrogens (tertiary/aromatic N) is 4. The summed E-state index contributed by atoms with van der Waals surface area (Å²) >= 11 is 1.34. The third-order valence-electron chi connectivity index (χ3n) is 5.71. The summed E-state index contributed by atoms with van der Waals surface area (Å²) < 4.78 is 28.9.